The standard InChI is InChI=1S/C27H31NO10.C2HF3O2/c1-13(36-14(2)29)18(31)10-16(12-21(32)33)25(34)37-19-6-7-27(35)20-11-15-4-5-17(30)23-22(15)26(27,24(19)38-23)8-9-28(20)3;3-2(4,5)1(6)7/h4-6,13,16,20,24,30,35H,7-12H2,1-3H3,(H,32,33);(H,6,7)/t13-,16-,20+,24-,26-,27+;/m0./s1. The number of carboxylic acids is 2. The lowest BCUT2D eigenvalue weighted by Gasteiger charge is -2.61. The number of aliphatic carboxylic acids is 2. The maximum absolute atomic E-state index is 13.3. The highest BCUT2D eigenvalue weighted by Crippen LogP contribution is 2.65. The van der Waals surface area contributed by atoms with E-state index < -0.39 is 77.8 Å². The number of hydrogen-bond acceptors (Lipinski definition) is 11. The summed E-state index contributed by atoms with van der Waals surface area (Å²) in [6, 6.07) is 3.16. The minimum absolute atomic E-state index is 0.0771. The number of benzene rings is 1. The number of hydrogen-bond donors (Lipinski definition) is 4. The number of aliphatic hydroxyl groups is 1. The Hall–Kier alpha value is -4.18. The van der Waals surface area contributed by atoms with Crippen molar-refractivity contribution in [1.82, 2.24) is 4.90 Å². The van der Waals surface area contributed by atoms with Crippen molar-refractivity contribution in [3.05, 3.63) is 35.1 Å². The molecule has 1 saturated heterocycles. The third-order valence-corrected chi connectivity index (χ3v) is 8.81. The summed E-state index contributed by atoms with van der Waals surface area (Å²) in [5, 5.41) is 39.3. The highest BCUT2D eigenvalue weighted by atomic mass is 19.4. The molecule has 6 atom stereocenters. The first-order valence-corrected chi connectivity index (χ1v) is 13.9. The van der Waals surface area contributed by atoms with E-state index in [-0.39, 0.29) is 29.7 Å². The first-order valence-electron chi connectivity index (χ1n) is 13.9. The van der Waals surface area contributed by atoms with Gasteiger partial charge in [0.2, 0.25) is 0 Å². The van der Waals surface area contributed by atoms with Gasteiger partial charge in [0, 0.05) is 31.4 Å². The molecule has 2 heterocycles. The molecule has 0 amide bonds. The minimum atomic E-state index is -5.08. The molecule has 45 heavy (non-hydrogen) atoms. The van der Waals surface area contributed by atoms with Crippen LogP contribution >= 0.6 is 0 Å². The van der Waals surface area contributed by atoms with E-state index in [1.54, 1.807) is 12.1 Å². The number of carbonyl (C=O) groups is 5. The SMILES string of the molecule is CC(=O)O[C@@H](C)C(=O)C[C@@H](CC(=O)O)C(=O)OC1=CC[C@@]2(O)[C@H]3Cc4ccc(O)c5c4[C@@]2(CCN3C)[C@H]1O5.O=C(O)C(F)(F)F. The second kappa shape index (κ2) is 12.0. The summed E-state index contributed by atoms with van der Waals surface area (Å²) in [6.07, 6.45) is -5.52. The first kappa shape index (κ1) is 33.7. The maximum Gasteiger partial charge on any atom is 0.490 e. The van der Waals surface area contributed by atoms with E-state index in [1.807, 2.05) is 13.1 Å². The van der Waals surface area contributed by atoms with Crippen LogP contribution in [0.2, 0.25) is 0 Å². The lowest BCUT2D eigenvalue weighted by molar-refractivity contribution is -0.192. The Balaban J connectivity index is 0.000000591. The van der Waals surface area contributed by atoms with E-state index in [0.29, 0.717) is 19.4 Å². The number of esters is 2. The average Bonchev–Trinajstić information content (AvgIpc) is 3.28. The summed E-state index contributed by atoms with van der Waals surface area (Å²) in [5.41, 5.74) is -0.549. The molecule has 0 unspecified atom stereocenters. The lowest BCUT2D eigenvalue weighted by Crippen LogP contribution is -2.74. The second-order valence-electron chi connectivity index (χ2n) is 11.5. The molecule has 2 aliphatic heterocycles. The monoisotopic (exact) mass is 643 g/mol. The van der Waals surface area contributed by atoms with Crippen LogP contribution in [0.3, 0.4) is 0 Å². The summed E-state index contributed by atoms with van der Waals surface area (Å²) in [6.45, 7) is 3.14. The quantitative estimate of drug-likeness (QED) is 0.300. The molecular formula is C29H32F3NO12. The van der Waals surface area contributed by atoms with Crippen LogP contribution in [0, 0.1) is 5.92 Å². The van der Waals surface area contributed by atoms with Gasteiger partial charge in [-0.3, -0.25) is 19.2 Å². The molecule has 4 aliphatic rings. The lowest BCUT2D eigenvalue weighted by atomic mass is 9.50. The number of piperidine rings is 1. The summed E-state index contributed by atoms with van der Waals surface area (Å²) in [7, 11) is 1.95. The van der Waals surface area contributed by atoms with E-state index in [0.717, 1.165) is 18.1 Å². The molecule has 1 fully saturated rings. The largest absolute Gasteiger partial charge is 0.504 e. The molecule has 0 aromatic heterocycles. The first-order chi connectivity index (χ1) is 20.8. The van der Waals surface area contributed by atoms with Crippen LogP contribution in [-0.2, 0) is 45.3 Å². The van der Waals surface area contributed by atoms with Crippen molar-refractivity contribution in [1.29, 1.82) is 0 Å². The van der Waals surface area contributed by atoms with Gasteiger partial charge in [-0.05, 0) is 51.1 Å². The van der Waals surface area contributed by atoms with Crippen molar-refractivity contribution in [2.24, 2.45) is 5.92 Å². The molecule has 1 aromatic carbocycles. The van der Waals surface area contributed by atoms with Crippen LogP contribution in [-0.4, -0.2) is 98.6 Å². The van der Waals surface area contributed by atoms with Gasteiger partial charge in [0.1, 0.15) is 5.76 Å². The number of nitrogens with zero attached hydrogens (tertiary/aromatic N) is 1. The molecule has 1 spiro atoms. The highest BCUT2D eigenvalue weighted by molar-refractivity contribution is 5.90. The van der Waals surface area contributed by atoms with Crippen LogP contribution in [0.5, 0.6) is 11.5 Å². The Morgan fingerprint density at radius 1 is 1.16 bits per heavy atom. The number of likely N-dealkylation sites (N-methyl/N-ethyl adjacent to an activating group) is 1. The summed E-state index contributed by atoms with van der Waals surface area (Å²) in [4.78, 5) is 59.5. The second-order valence-corrected chi connectivity index (χ2v) is 11.5. The topological polar surface area (TPSA) is 197 Å². The molecule has 2 bridgehead atoms. The number of ether oxygens (including phenoxy) is 3. The van der Waals surface area contributed by atoms with Crippen LogP contribution in [0.15, 0.2) is 24.0 Å². The van der Waals surface area contributed by atoms with E-state index in [9.17, 15) is 47.7 Å². The van der Waals surface area contributed by atoms with E-state index >= 15 is 0 Å². The van der Waals surface area contributed by atoms with Crippen LogP contribution in [0.1, 0.15) is 50.7 Å². The molecule has 13 nitrogen and oxygen atoms in total. The fourth-order valence-electron chi connectivity index (χ4n) is 6.81. The number of likely N-dealkylation sites (tertiary alicyclic amines) is 1. The van der Waals surface area contributed by atoms with Gasteiger partial charge in [-0.2, -0.15) is 13.2 Å². The number of alkyl halides is 3. The fraction of sp³-hybridized carbons (Fsp3) is 0.552. The Kier molecular flexibility index (Phi) is 8.96. The van der Waals surface area contributed by atoms with Gasteiger partial charge < -0.3 is 39.5 Å². The van der Waals surface area contributed by atoms with Crippen LogP contribution in [0.25, 0.3) is 0 Å². The third kappa shape index (κ3) is 5.95. The highest BCUT2D eigenvalue weighted by Gasteiger charge is 2.72. The van der Waals surface area contributed by atoms with E-state index in [1.165, 1.54) is 6.92 Å². The van der Waals surface area contributed by atoms with Gasteiger partial charge in [-0.15, -0.1) is 0 Å². The molecular weight excluding hydrogens is 611 g/mol. The normalized spacial score (nSPS) is 27.3. The van der Waals surface area contributed by atoms with Gasteiger partial charge in [-0.25, -0.2) is 4.79 Å². The van der Waals surface area contributed by atoms with Crippen molar-refractivity contribution in [3.8, 4) is 11.5 Å². The number of carbonyl (C=O) groups excluding carboxylic acids is 3. The molecule has 0 radical (unpaired) electrons. The number of aromatic hydroxyl groups is 1. The summed E-state index contributed by atoms with van der Waals surface area (Å²) in [5.74, 6) is -7.32. The van der Waals surface area contributed by atoms with Gasteiger partial charge in [0.15, 0.2) is 29.5 Å². The average molecular weight is 644 g/mol. The molecule has 246 valence electrons. The predicted octanol–water partition coefficient (Wildman–Crippen LogP) is 1.85. The molecule has 16 heteroatoms. The zero-order valence-electron chi connectivity index (χ0n) is 24.4. The number of phenolic OH excluding ortho intramolecular Hbond substituents is 1. The molecule has 0 saturated carbocycles. The zero-order chi connectivity index (χ0) is 33.6. The van der Waals surface area contributed by atoms with Crippen molar-refractivity contribution in [2.75, 3.05) is 13.6 Å². The number of rotatable bonds is 8. The minimum Gasteiger partial charge on any atom is -0.504 e. The smallest absolute Gasteiger partial charge is 0.490 e. The van der Waals surface area contributed by atoms with Crippen LogP contribution in [0.4, 0.5) is 13.2 Å². The molecule has 4 N–H and O–H groups in total. The molecule has 2 aliphatic carbocycles. The van der Waals surface area contributed by atoms with Crippen molar-refractivity contribution >= 4 is 29.7 Å². The van der Waals surface area contributed by atoms with Crippen molar-refractivity contribution in [2.45, 2.75) is 81.4 Å². The Labute approximate surface area is 254 Å². The zero-order valence-corrected chi connectivity index (χ0v) is 24.4. The fourth-order valence-corrected chi connectivity index (χ4v) is 6.81. The van der Waals surface area contributed by atoms with Crippen LogP contribution < -0.4 is 4.74 Å². The van der Waals surface area contributed by atoms with Crippen molar-refractivity contribution in [3.63, 3.8) is 0 Å². The van der Waals surface area contributed by atoms with E-state index in [4.69, 9.17) is 24.1 Å². The Morgan fingerprint density at radius 2 is 1.80 bits per heavy atom. The Morgan fingerprint density at radius 3 is 2.38 bits per heavy atom. The van der Waals surface area contributed by atoms with E-state index in [2.05, 4.69) is 4.90 Å². The van der Waals surface area contributed by atoms with Gasteiger partial charge in [0.25, 0.3) is 0 Å². The summed E-state index contributed by atoms with van der Waals surface area (Å²) < 4.78 is 48.6. The Bertz CT molecular complexity index is 1460. The number of Topliss-reactive ketones (excluding diaryl/α,β-unsaturated/α-hetero) is 1. The van der Waals surface area contributed by atoms with Crippen molar-refractivity contribution < 1.29 is 71.8 Å². The number of phenols is 1. The molecule has 1 aromatic rings. The maximum atomic E-state index is 13.3. The number of halogens is 3. The number of ketones is 1. The third-order valence-electron chi connectivity index (χ3n) is 8.81. The van der Waals surface area contributed by atoms with Gasteiger partial charge in [-0.1, -0.05) is 6.07 Å². The predicted molar refractivity (Wildman–Crippen MR) is 143 cm³/mol. The molecule has 5 rings (SSSR count). The van der Waals surface area contributed by atoms with Gasteiger partial charge >= 0.3 is 30.1 Å². The number of carboxylic acid groups (broad SMARTS) is 2. The summed E-state index contributed by atoms with van der Waals surface area (Å²) >= 11 is 0. The van der Waals surface area contributed by atoms with Gasteiger partial charge in [0.05, 0.1) is 23.4 Å².